The van der Waals surface area contributed by atoms with Gasteiger partial charge in [-0.3, -0.25) is 10.6 Å². The van der Waals surface area contributed by atoms with E-state index in [0.717, 1.165) is 52.0 Å². The second-order valence-electron chi connectivity index (χ2n) is 13.3. The third-order valence-electron chi connectivity index (χ3n) is 9.36. The van der Waals surface area contributed by atoms with Crippen LogP contribution >= 0.6 is 0 Å². The van der Waals surface area contributed by atoms with Crippen molar-refractivity contribution in [2.45, 2.75) is 59.4 Å². The predicted molar refractivity (Wildman–Crippen MR) is 229 cm³/mol. The van der Waals surface area contributed by atoms with Crippen LogP contribution in [0.15, 0.2) is 140 Å². The lowest BCUT2D eigenvalue weighted by Crippen LogP contribution is -2.39. The van der Waals surface area contributed by atoms with Crippen LogP contribution in [0.2, 0.25) is 0 Å². The van der Waals surface area contributed by atoms with Crippen LogP contribution in [0.25, 0.3) is 35.1 Å². The highest BCUT2D eigenvalue weighted by atomic mass is 15.2. The first-order valence-electron chi connectivity index (χ1n) is 18.7. The molecule has 1 heterocycles. The number of allylic oxidation sites excluding steroid dienone is 4. The van der Waals surface area contributed by atoms with E-state index in [-0.39, 0.29) is 12.3 Å². The lowest BCUT2D eigenvalue weighted by Gasteiger charge is -2.26. The van der Waals surface area contributed by atoms with Gasteiger partial charge in [0.15, 0.2) is 0 Å². The molecule has 0 aliphatic heterocycles. The van der Waals surface area contributed by atoms with E-state index in [1.54, 1.807) is 0 Å². The largest absolute Gasteiger partial charge is 0.394 e. The fraction of sp³-hybridized carbons (Fsp3) is 0.208. The van der Waals surface area contributed by atoms with Gasteiger partial charge in [0, 0.05) is 36.1 Å². The third-order valence-corrected chi connectivity index (χ3v) is 9.36. The first-order chi connectivity index (χ1) is 25.9. The summed E-state index contributed by atoms with van der Waals surface area (Å²) in [5, 5.41) is 10.5. The summed E-state index contributed by atoms with van der Waals surface area (Å²) in [5.41, 5.74) is 21.9. The summed E-state index contributed by atoms with van der Waals surface area (Å²) in [6.07, 6.45) is 11.9. The monoisotopic (exact) mass is 701 g/mol. The first-order valence-corrected chi connectivity index (χ1v) is 18.7. The van der Waals surface area contributed by atoms with Gasteiger partial charge in [-0.1, -0.05) is 136 Å². The van der Waals surface area contributed by atoms with E-state index in [0.29, 0.717) is 6.54 Å². The predicted octanol–water partition coefficient (Wildman–Crippen LogP) is 10.8. The highest BCUT2D eigenvalue weighted by Crippen LogP contribution is 2.39. The van der Waals surface area contributed by atoms with Gasteiger partial charge in [0.2, 0.25) is 0 Å². The SMILES string of the molecule is C=Cc1c2c(n(-c3cccc(C(NCc4ccccc4)NC(N)c4ccccc4)c3)c1C=C(C)C)CCC(c1ccc(C(=C)/C=C\NC)cc1)=C2.CC. The van der Waals surface area contributed by atoms with Crippen molar-refractivity contribution < 1.29 is 0 Å². The molecule has 2 unspecified atom stereocenters. The number of hydrogen-bond donors (Lipinski definition) is 4. The molecule has 0 saturated carbocycles. The quantitative estimate of drug-likeness (QED) is 0.0687. The van der Waals surface area contributed by atoms with Gasteiger partial charge in [0.1, 0.15) is 0 Å². The van der Waals surface area contributed by atoms with Crippen LogP contribution in [0, 0.1) is 0 Å². The number of rotatable bonds is 14. The molecule has 0 spiro atoms. The van der Waals surface area contributed by atoms with Crippen molar-refractivity contribution in [3.05, 3.63) is 191 Å². The Morgan fingerprint density at radius 2 is 1.55 bits per heavy atom. The van der Waals surface area contributed by atoms with Crippen LogP contribution in [-0.4, -0.2) is 11.6 Å². The van der Waals surface area contributed by atoms with E-state index in [9.17, 15) is 0 Å². The maximum atomic E-state index is 6.75. The number of fused-ring (bicyclic) bond motifs is 1. The molecule has 4 aromatic carbocycles. The molecule has 0 amide bonds. The van der Waals surface area contributed by atoms with E-state index in [1.165, 1.54) is 33.5 Å². The van der Waals surface area contributed by atoms with Gasteiger partial charge in [-0.15, -0.1) is 0 Å². The lowest BCUT2D eigenvalue weighted by molar-refractivity contribution is 0.385. The van der Waals surface area contributed by atoms with Crippen molar-refractivity contribution in [1.82, 2.24) is 20.5 Å². The molecule has 6 rings (SSSR count). The Balaban J connectivity index is 0.00000266. The third kappa shape index (κ3) is 9.51. The molecule has 1 aliphatic rings. The van der Waals surface area contributed by atoms with Crippen molar-refractivity contribution in [2.75, 3.05) is 7.05 Å². The Kier molecular flexibility index (Phi) is 13.8. The number of aromatic nitrogens is 1. The Labute approximate surface area is 317 Å². The van der Waals surface area contributed by atoms with Gasteiger partial charge >= 0.3 is 0 Å². The van der Waals surface area contributed by atoms with Gasteiger partial charge < -0.3 is 15.6 Å². The molecule has 53 heavy (non-hydrogen) atoms. The first kappa shape index (κ1) is 38.8. The van der Waals surface area contributed by atoms with Crippen molar-refractivity contribution in [3.8, 4) is 5.69 Å². The van der Waals surface area contributed by atoms with E-state index in [1.807, 2.05) is 63.5 Å². The maximum Gasteiger partial charge on any atom is 0.0853 e. The van der Waals surface area contributed by atoms with Crippen molar-refractivity contribution >= 4 is 29.4 Å². The second-order valence-corrected chi connectivity index (χ2v) is 13.3. The summed E-state index contributed by atoms with van der Waals surface area (Å²) >= 11 is 0. The minimum atomic E-state index is -0.350. The average Bonchev–Trinajstić information content (AvgIpc) is 3.51. The highest BCUT2D eigenvalue weighted by molar-refractivity contribution is 5.90. The minimum absolute atomic E-state index is 0.197. The lowest BCUT2D eigenvalue weighted by atomic mass is 9.90. The number of benzene rings is 4. The standard InChI is InChI=1S/C46H49N5.C2H6/c1-6-41-42-30-38(36-22-20-35(21-23-36)33(4)26-27-48-5)24-25-43(42)51(44(41)28-32(2)3)40-19-13-18-39(29-40)46(49-31-34-14-9-7-10-15-34)50-45(47)37-16-11-8-12-17-37;1-2/h6-23,26-30,45-46,48-50H,1,4,24-25,31,47H2,2-3,5H3;1-2H3/b27-26-;. The summed E-state index contributed by atoms with van der Waals surface area (Å²) < 4.78 is 2.43. The van der Waals surface area contributed by atoms with Crippen LogP contribution in [0.3, 0.4) is 0 Å². The van der Waals surface area contributed by atoms with Gasteiger partial charge in [0.05, 0.1) is 18.0 Å². The van der Waals surface area contributed by atoms with Crippen molar-refractivity contribution in [2.24, 2.45) is 5.73 Å². The summed E-state index contributed by atoms with van der Waals surface area (Å²) in [6.45, 7) is 17.5. The maximum absolute atomic E-state index is 6.75. The number of nitrogens with zero attached hydrogens (tertiary/aromatic N) is 1. The number of nitrogens with one attached hydrogen (secondary N) is 3. The topological polar surface area (TPSA) is 67.0 Å². The van der Waals surface area contributed by atoms with E-state index < -0.39 is 0 Å². The molecule has 272 valence electrons. The van der Waals surface area contributed by atoms with Gasteiger partial charge in [0.25, 0.3) is 0 Å². The molecule has 1 aromatic heterocycles. The van der Waals surface area contributed by atoms with Crippen molar-refractivity contribution in [3.63, 3.8) is 0 Å². The second kappa shape index (κ2) is 18.9. The van der Waals surface area contributed by atoms with E-state index >= 15 is 0 Å². The molecule has 5 aromatic rings. The van der Waals surface area contributed by atoms with Crippen LogP contribution in [0.4, 0.5) is 0 Å². The number of nitrogens with two attached hydrogens (primary N) is 1. The molecule has 0 bridgehead atoms. The molecule has 5 nitrogen and oxygen atoms in total. The van der Waals surface area contributed by atoms with Gasteiger partial charge in [-0.2, -0.15) is 0 Å². The molecular weight excluding hydrogens is 647 g/mol. The Bertz CT molecular complexity index is 2060. The fourth-order valence-electron chi connectivity index (χ4n) is 6.79. The zero-order valence-corrected chi connectivity index (χ0v) is 32.0. The van der Waals surface area contributed by atoms with Crippen molar-refractivity contribution in [1.29, 1.82) is 0 Å². The zero-order valence-electron chi connectivity index (χ0n) is 32.0. The van der Waals surface area contributed by atoms with Gasteiger partial charge in [-0.25, -0.2) is 0 Å². The molecule has 0 fully saturated rings. The zero-order chi connectivity index (χ0) is 37.7. The summed E-state index contributed by atoms with van der Waals surface area (Å²) in [6, 6.07) is 38.2. The van der Waals surface area contributed by atoms with Gasteiger partial charge in [-0.05, 0) is 102 Å². The summed E-state index contributed by atoms with van der Waals surface area (Å²) in [7, 11) is 1.89. The molecule has 0 radical (unpaired) electrons. The smallest absolute Gasteiger partial charge is 0.0853 e. The average molecular weight is 702 g/mol. The fourth-order valence-corrected chi connectivity index (χ4v) is 6.79. The molecule has 0 saturated heterocycles. The van der Waals surface area contributed by atoms with Crippen LogP contribution in [0.1, 0.15) is 96.8 Å². The molecule has 5 heteroatoms. The van der Waals surface area contributed by atoms with Crippen LogP contribution in [-0.2, 0) is 13.0 Å². The van der Waals surface area contributed by atoms with Crippen LogP contribution < -0.4 is 21.7 Å². The molecule has 5 N–H and O–H groups in total. The summed E-state index contributed by atoms with van der Waals surface area (Å²) in [4.78, 5) is 0. The minimum Gasteiger partial charge on any atom is -0.394 e. The van der Waals surface area contributed by atoms with E-state index in [2.05, 4.69) is 145 Å². The Morgan fingerprint density at radius 1 is 0.868 bits per heavy atom. The normalized spacial score (nSPS) is 13.2. The summed E-state index contributed by atoms with van der Waals surface area (Å²) in [5.74, 6) is 0. The number of hydrogen-bond acceptors (Lipinski definition) is 4. The Hall–Kier alpha value is -5.46. The molecule has 2 atom stereocenters. The van der Waals surface area contributed by atoms with Crippen LogP contribution in [0.5, 0.6) is 0 Å². The Morgan fingerprint density at radius 3 is 2.21 bits per heavy atom. The van der Waals surface area contributed by atoms with E-state index in [4.69, 9.17) is 5.73 Å². The highest BCUT2D eigenvalue weighted by Gasteiger charge is 2.25. The molecular formula is C48H55N5. The molecule has 1 aliphatic carbocycles.